The number of methoxy groups -OCH3 is 3. The molecule has 0 bridgehead atoms. The van der Waals surface area contributed by atoms with Crippen LogP contribution in [0.25, 0.3) is 5.76 Å². The van der Waals surface area contributed by atoms with Gasteiger partial charge in [-0.2, -0.15) is 0 Å². The van der Waals surface area contributed by atoms with E-state index in [9.17, 15) is 14.7 Å². The molecule has 33 heavy (non-hydrogen) atoms. The summed E-state index contributed by atoms with van der Waals surface area (Å²) in [6.45, 7) is 1.07. The number of hydrogen-bond acceptors (Lipinski definition) is 7. The number of carbonyl (C=O) groups excluding carboxylic acids is 2. The average molecular weight is 455 g/mol. The summed E-state index contributed by atoms with van der Waals surface area (Å²) in [5, 5.41) is 11.2. The Morgan fingerprint density at radius 1 is 1.03 bits per heavy atom. The van der Waals surface area contributed by atoms with Crippen molar-refractivity contribution in [1.29, 1.82) is 0 Å². The lowest BCUT2D eigenvalue weighted by molar-refractivity contribution is -0.140. The minimum absolute atomic E-state index is 0.00431. The highest BCUT2D eigenvalue weighted by molar-refractivity contribution is 6.46. The summed E-state index contributed by atoms with van der Waals surface area (Å²) in [4.78, 5) is 29.8. The molecule has 0 aliphatic carbocycles. The second-order valence-corrected chi connectivity index (χ2v) is 7.96. The maximum absolute atomic E-state index is 13.2. The van der Waals surface area contributed by atoms with Gasteiger partial charge in [0.05, 0.1) is 32.9 Å². The Bertz CT molecular complexity index is 1060. The van der Waals surface area contributed by atoms with Crippen molar-refractivity contribution < 1.29 is 28.9 Å². The lowest BCUT2D eigenvalue weighted by Crippen LogP contribution is -2.32. The molecule has 3 rings (SSSR count). The number of hydrogen-bond donors (Lipinski definition) is 1. The summed E-state index contributed by atoms with van der Waals surface area (Å²) in [7, 11) is 8.43. The lowest BCUT2D eigenvalue weighted by atomic mass is 9.94. The van der Waals surface area contributed by atoms with Crippen LogP contribution in [0, 0.1) is 0 Å². The van der Waals surface area contributed by atoms with Crippen molar-refractivity contribution >= 4 is 17.4 Å². The van der Waals surface area contributed by atoms with Crippen molar-refractivity contribution in [1.82, 2.24) is 9.80 Å². The van der Waals surface area contributed by atoms with Crippen molar-refractivity contribution in [3.63, 3.8) is 0 Å². The van der Waals surface area contributed by atoms with Crippen LogP contribution >= 0.6 is 0 Å². The van der Waals surface area contributed by atoms with Gasteiger partial charge in [0.25, 0.3) is 11.7 Å². The number of nitrogens with zero attached hydrogens (tertiary/aromatic N) is 2. The van der Waals surface area contributed by atoms with E-state index in [1.165, 1.54) is 26.2 Å². The maximum atomic E-state index is 13.2. The molecule has 1 saturated heterocycles. The SMILES string of the molecule is COc1cccc(C(O)=C2C(=O)C(=O)N(CCCN(C)C)C2c2cccc(OC)c2OC)c1. The molecule has 1 amide bonds. The highest BCUT2D eigenvalue weighted by Gasteiger charge is 2.47. The van der Waals surface area contributed by atoms with Gasteiger partial charge in [-0.1, -0.05) is 24.3 Å². The molecule has 2 aromatic carbocycles. The van der Waals surface area contributed by atoms with Crippen LogP contribution in [0.2, 0.25) is 0 Å². The van der Waals surface area contributed by atoms with Crippen LogP contribution in [0.5, 0.6) is 17.2 Å². The van der Waals surface area contributed by atoms with Crippen molar-refractivity contribution in [2.45, 2.75) is 12.5 Å². The maximum Gasteiger partial charge on any atom is 0.295 e. The minimum Gasteiger partial charge on any atom is -0.507 e. The quantitative estimate of drug-likeness (QED) is 0.354. The van der Waals surface area contributed by atoms with Gasteiger partial charge in [0.15, 0.2) is 11.5 Å². The van der Waals surface area contributed by atoms with Crippen molar-refractivity contribution in [3.8, 4) is 17.2 Å². The lowest BCUT2D eigenvalue weighted by Gasteiger charge is -2.27. The first-order chi connectivity index (χ1) is 15.8. The molecule has 1 fully saturated rings. The van der Waals surface area contributed by atoms with Gasteiger partial charge in [0.1, 0.15) is 11.5 Å². The van der Waals surface area contributed by atoms with Gasteiger partial charge in [-0.15, -0.1) is 0 Å². The van der Waals surface area contributed by atoms with Gasteiger partial charge in [0, 0.05) is 17.7 Å². The van der Waals surface area contributed by atoms with Crippen molar-refractivity contribution in [2.75, 3.05) is 48.5 Å². The van der Waals surface area contributed by atoms with E-state index < -0.39 is 17.7 Å². The number of benzene rings is 2. The van der Waals surface area contributed by atoms with E-state index in [4.69, 9.17) is 14.2 Å². The summed E-state index contributed by atoms with van der Waals surface area (Å²) in [6, 6.07) is 11.2. The van der Waals surface area contributed by atoms with Crippen LogP contribution in [0.3, 0.4) is 0 Å². The number of rotatable bonds is 9. The van der Waals surface area contributed by atoms with Crippen LogP contribution in [-0.4, -0.2) is 75.1 Å². The first-order valence-corrected chi connectivity index (χ1v) is 10.6. The Hall–Kier alpha value is -3.52. The van der Waals surface area contributed by atoms with E-state index in [-0.39, 0.29) is 11.3 Å². The highest BCUT2D eigenvalue weighted by atomic mass is 16.5. The van der Waals surface area contributed by atoms with Crippen LogP contribution in [-0.2, 0) is 9.59 Å². The fraction of sp³-hybridized carbons (Fsp3) is 0.360. The number of ether oxygens (including phenoxy) is 3. The molecule has 1 atom stereocenters. The Morgan fingerprint density at radius 2 is 1.76 bits per heavy atom. The fourth-order valence-corrected chi connectivity index (χ4v) is 4.04. The molecule has 0 saturated carbocycles. The number of para-hydroxylation sites is 1. The van der Waals surface area contributed by atoms with E-state index in [0.29, 0.717) is 41.3 Å². The van der Waals surface area contributed by atoms with Crippen LogP contribution < -0.4 is 14.2 Å². The van der Waals surface area contributed by atoms with Crippen LogP contribution in [0.4, 0.5) is 0 Å². The molecule has 0 spiro atoms. The standard InChI is InChI=1S/C25H30N2O6/c1-26(2)13-8-14-27-21(18-11-7-12-19(32-4)24(18)33-5)20(23(29)25(27)30)22(28)16-9-6-10-17(15-16)31-3/h6-7,9-12,15,21,28H,8,13-14H2,1-5H3. The van der Waals surface area contributed by atoms with Gasteiger partial charge < -0.3 is 29.1 Å². The second-order valence-electron chi connectivity index (χ2n) is 7.96. The summed E-state index contributed by atoms with van der Waals surface area (Å²) in [6.07, 6.45) is 0.655. The molecule has 1 aliphatic heterocycles. The van der Waals surface area contributed by atoms with Crippen molar-refractivity contribution in [3.05, 3.63) is 59.2 Å². The summed E-state index contributed by atoms with van der Waals surface area (Å²) in [5.74, 6) is -0.272. The molecule has 8 nitrogen and oxygen atoms in total. The zero-order valence-electron chi connectivity index (χ0n) is 19.6. The van der Waals surface area contributed by atoms with Crippen LogP contribution in [0.1, 0.15) is 23.6 Å². The Kier molecular flexibility index (Phi) is 7.60. The molecule has 176 valence electrons. The van der Waals surface area contributed by atoms with Crippen LogP contribution in [0.15, 0.2) is 48.0 Å². The molecule has 2 aromatic rings. The molecule has 1 heterocycles. The number of amides is 1. The molecule has 0 aromatic heterocycles. The molecular weight excluding hydrogens is 424 g/mol. The number of ketones is 1. The summed E-state index contributed by atoms with van der Waals surface area (Å²) >= 11 is 0. The smallest absolute Gasteiger partial charge is 0.295 e. The minimum atomic E-state index is -0.830. The Balaban J connectivity index is 2.20. The topological polar surface area (TPSA) is 88.5 Å². The van der Waals surface area contributed by atoms with Gasteiger partial charge in [0.2, 0.25) is 0 Å². The highest BCUT2D eigenvalue weighted by Crippen LogP contribution is 2.45. The number of aliphatic hydroxyl groups is 1. The zero-order valence-corrected chi connectivity index (χ0v) is 19.6. The van der Waals surface area contributed by atoms with Gasteiger partial charge in [-0.25, -0.2) is 0 Å². The molecule has 1 aliphatic rings. The molecule has 8 heteroatoms. The first kappa shape index (κ1) is 24.1. The monoisotopic (exact) mass is 454 g/mol. The van der Waals surface area contributed by atoms with Gasteiger partial charge >= 0.3 is 0 Å². The second kappa shape index (κ2) is 10.4. The summed E-state index contributed by atoms with van der Waals surface area (Å²) < 4.78 is 16.3. The van der Waals surface area contributed by atoms with E-state index >= 15 is 0 Å². The summed E-state index contributed by atoms with van der Waals surface area (Å²) in [5.41, 5.74) is 0.947. The average Bonchev–Trinajstić information content (AvgIpc) is 3.07. The molecular formula is C25H30N2O6. The number of Topliss-reactive ketones (excluding diaryl/α,β-unsaturated/α-hetero) is 1. The van der Waals surface area contributed by atoms with E-state index in [2.05, 4.69) is 0 Å². The fourth-order valence-electron chi connectivity index (χ4n) is 4.04. The predicted octanol–water partition coefficient (Wildman–Crippen LogP) is 3.09. The third kappa shape index (κ3) is 4.80. The Labute approximate surface area is 194 Å². The van der Waals surface area contributed by atoms with E-state index in [1.807, 2.05) is 19.0 Å². The first-order valence-electron chi connectivity index (χ1n) is 10.6. The largest absolute Gasteiger partial charge is 0.507 e. The molecule has 0 radical (unpaired) electrons. The van der Waals surface area contributed by atoms with Gasteiger partial charge in [-0.3, -0.25) is 9.59 Å². The Morgan fingerprint density at radius 3 is 2.39 bits per heavy atom. The van der Waals surface area contributed by atoms with Crippen molar-refractivity contribution in [2.24, 2.45) is 0 Å². The number of aliphatic hydroxyl groups excluding tert-OH is 1. The zero-order chi connectivity index (χ0) is 24.1. The number of likely N-dealkylation sites (tertiary alicyclic amines) is 1. The third-order valence-electron chi connectivity index (χ3n) is 5.62. The third-order valence-corrected chi connectivity index (χ3v) is 5.62. The molecule has 1 N–H and O–H groups in total. The van der Waals surface area contributed by atoms with Gasteiger partial charge in [-0.05, 0) is 45.3 Å². The van der Waals surface area contributed by atoms with E-state index in [0.717, 1.165) is 6.54 Å². The normalized spacial score (nSPS) is 17.5. The van der Waals surface area contributed by atoms with E-state index in [1.54, 1.807) is 42.5 Å². The number of carbonyl (C=O) groups is 2. The predicted molar refractivity (Wildman–Crippen MR) is 125 cm³/mol. The molecule has 1 unspecified atom stereocenters.